The molecule has 2 aliphatic rings. The first-order chi connectivity index (χ1) is 14.9. The zero-order valence-electron chi connectivity index (χ0n) is 18.0. The van der Waals surface area contributed by atoms with Crippen molar-refractivity contribution in [1.29, 1.82) is 0 Å². The summed E-state index contributed by atoms with van der Waals surface area (Å²) >= 11 is 5.26. The number of anilines is 1. The molecule has 0 radical (unpaired) electrons. The Labute approximate surface area is 195 Å². The number of rotatable bonds is 4. The highest BCUT2D eigenvalue weighted by atomic mass is 79.9. The van der Waals surface area contributed by atoms with E-state index in [1.165, 1.54) is 16.9 Å². The number of nitrogens with one attached hydrogen (secondary N) is 2. The van der Waals surface area contributed by atoms with Crippen LogP contribution >= 0.6 is 27.3 Å². The zero-order valence-corrected chi connectivity index (χ0v) is 20.5. The molecule has 4 nitrogen and oxygen atoms in total. The van der Waals surface area contributed by atoms with Gasteiger partial charge in [-0.3, -0.25) is 4.79 Å². The molecule has 3 aromatic rings. The molecule has 1 aliphatic carbocycles. The highest BCUT2D eigenvalue weighted by molar-refractivity contribution is 9.10. The molecule has 2 N–H and O–H groups in total. The van der Waals surface area contributed by atoms with E-state index in [0.717, 1.165) is 45.6 Å². The standard InChI is InChI=1S/C25H27BrN2O2S/c1-4-25(2,3)15-8-9-17-20(13-15)31-24-21(17)23(29)27-22(28-24)19-11-10-18(30-19)14-6-5-7-16(26)12-14/h5-7,10-12,15,22,28H,4,8-9,13H2,1-3H3,(H,27,29)/t15-,22+/m1/s1. The van der Waals surface area contributed by atoms with Gasteiger partial charge in [-0.15, -0.1) is 11.3 Å². The second kappa shape index (κ2) is 7.82. The Balaban J connectivity index is 1.40. The van der Waals surface area contributed by atoms with E-state index in [4.69, 9.17) is 4.42 Å². The summed E-state index contributed by atoms with van der Waals surface area (Å²) in [5.74, 6) is 2.17. The van der Waals surface area contributed by atoms with Gasteiger partial charge in [0.05, 0.1) is 5.56 Å². The van der Waals surface area contributed by atoms with Gasteiger partial charge in [0.2, 0.25) is 0 Å². The Morgan fingerprint density at radius 2 is 2.06 bits per heavy atom. The molecular weight excluding hydrogens is 472 g/mol. The third-order valence-electron chi connectivity index (χ3n) is 7.08. The molecule has 2 aromatic heterocycles. The summed E-state index contributed by atoms with van der Waals surface area (Å²) < 4.78 is 7.12. The van der Waals surface area contributed by atoms with E-state index in [-0.39, 0.29) is 12.1 Å². The molecule has 3 heterocycles. The molecule has 0 fully saturated rings. The van der Waals surface area contributed by atoms with E-state index in [1.807, 2.05) is 36.4 Å². The van der Waals surface area contributed by atoms with Crippen molar-refractivity contribution in [2.45, 2.75) is 52.6 Å². The van der Waals surface area contributed by atoms with Gasteiger partial charge in [0.25, 0.3) is 5.91 Å². The minimum Gasteiger partial charge on any atom is -0.457 e. The van der Waals surface area contributed by atoms with Gasteiger partial charge in [0.15, 0.2) is 6.17 Å². The Kier molecular flexibility index (Phi) is 5.25. The molecule has 0 bridgehead atoms. The Morgan fingerprint density at radius 3 is 2.84 bits per heavy atom. The first-order valence-corrected chi connectivity index (χ1v) is 12.5. The van der Waals surface area contributed by atoms with E-state index in [0.29, 0.717) is 17.1 Å². The van der Waals surface area contributed by atoms with Crippen LogP contribution in [0.1, 0.15) is 66.3 Å². The summed E-state index contributed by atoms with van der Waals surface area (Å²) in [4.78, 5) is 14.4. The SMILES string of the molecule is CCC(C)(C)[C@@H]1CCc2c(sc3c2C(=O)N[C@H](c2ccc(-c4cccc(Br)c4)o2)N3)C1. The summed E-state index contributed by atoms with van der Waals surface area (Å²) in [6.07, 6.45) is 4.04. The van der Waals surface area contributed by atoms with Gasteiger partial charge in [-0.1, -0.05) is 55.3 Å². The van der Waals surface area contributed by atoms with Crippen LogP contribution in [-0.4, -0.2) is 5.91 Å². The maximum absolute atomic E-state index is 13.1. The minimum absolute atomic E-state index is 0.00450. The lowest BCUT2D eigenvalue weighted by atomic mass is 9.69. The summed E-state index contributed by atoms with van der Waals surface area (Å²) in [6, 6.07) is 11.9. The van der Waals surface area contributed by atoms with Gasteiger partial charge < -0.3 is 15.1 Å². The fraction of sp³-hybridized carbons (Fsp3) is 0.400. The van der Waals surface area contributed by atoms with Crippen LogP contribution in [0.15, 0.2) is 45.3 Å². The molecular formula is C25H27BrN2O2S. The third kappa shape index (κ3) is 3.74. The molecule has 31 heavy (non-hydrogen) atoms. The largest absolute Gasteiger partial charge is 0.457 e. The average molecular weight is 499 g/mol. The van der Waals surface area contributed by atoms with Gasteiger partial charge in [-0.05, 0) is 60.4 Å². The second-order valence-corrected chi connectivity index (χ2v) is 11.3. The number of furan rings is 1. The number of halogens is 1. The molecule has 162 valence electrons. The lowest BCUT2D eigenvalue weighted by Crippen LogP contribution is -2.38. The molecule has 1 aromatic carbocycles. The normalized spacial score (nSPS) is 20.6. The van der Waals surface area contributed by atoms with Gasteiger partial charge in [0, 0.05) is 14.9 Å². The molecule has 5 rings (SSSR count). The van der Waals surface area contributed by atoms with Gasteiger partial charge in [-0.25, -0.2) is 0 Å². The molecule has 1 aliphatic heterocycles. The predicted molar refractivity (Wildman–Crippen MR) is 130 cm³/mol. The number of thiophene rings is 1. The highest BCUT2D eigenvalue weighted by Crippen LogP contribution is 2.47. The number of hydrogen-bond donors (Lipinski definition) is 2. The van der Waals surface area contributed by atoms with E-state index in [1.54, 1.807) is 11.3 Å². The van der Waals surface area contributed by atoms with Crippen LogP contribution in [0.3, 0.4) is 0 Å². The van der Waals surface area contributed by atoms with Crippen LogP contribution in [0.25, 0.3) is 11.3 Å². The Morgan fingerprint density at radius 1 is 1.23 bits per heavy atom. The molecule has 0 unspecified atom stereocenters. The van der Waals surface area contributed by atoms with Crippen molar-refractivity contribution in [1.82, 2.24) is 5.32 Å². The monoisotopic (exact) mass is 498 g/mol. The number of carbonyl (C=O) groups is 1. The van der Waals surface area contributed by atoms with Crippen LogP contribution < -0.4 is 10.6 Å². The minimum atomic E-state index is -0.358. The van der Waals surface area contributed by atoms with Crippen molar-refractivity contribution in [3.05, 3.63) is 62.6 Å². The van der Waals surface area contributed by atoms with Crippen LogP contribution in [0.5, 0.6) is 0 Å². The van der Waals surface area contributed by atoms with Crippen LogP contribution in [-0.2, 0) is 12.8 Å². The number of fused-ring (bicyclic) bond motifs is 3. The fourth-order valence-corrected chi connectivity index (χ4v) is 6.45. The zero-order chi connectivity index (χ0) is 21.8. The lowest BCUT2D eigenvalue weighted by molar-refractivity contribution is 0.0930. The van der Waals surface area contributed by atoms with Gasteiger partial charge >= 0.3 is 0 Å². The number of benzene rings is 1. The second-order valence-electron chi connectivity index (χ2n) is 9.25. The van der Waals surface area contributed by atoms with Crippen molar-refractivity contribution in [2.75, 3.05) is 5.32 Å². The predicted octanol–water partition coefficient (Wildman–Crippen LogP) is 7.17. The first kappa shape index (κ1) is 20.8. The summed E-state index contributed by atoms with van der Waals surface area (Å²) in [6.45, 7) is 7.02. The van der Waals surface area contributed by atoms with E-state index in [2.05, 4.69) is 47.3 Å². The highest BCUT2D eigenvalue weighted by Gasteiger charge is 2.37. The topological polar surface area (TPSA) is 54.3 Å². The van der Waals surface area contributed by atoms with Gasteiger partial charge in [-0.2, -0.15) is 0 Å². The molecule has 0 saturated heterocycles. The average Bonchev–Trinajstić information content (AvgIpc) is 3.38. The van der Waals surface area contributed by atoms with Gasteiger partial charge in [0.1, 0.15) is 16.5 Å². The molecule has 1 amide bonds. The quantitative estimate of drug-likeness (QED) is 0.400. The van der Waals surface area contributed by atoms with Crippen LogP contribution in [0.4, 0.5) is 5.00 Å². The van der Waals surface area contributed by atoms with Crippen LogP contribution in [0.2, 0.25) is 0 Å². The molecule has 0 spiro atoms. The molecule has 2 atom stereocenters. The number of amides is 1. The number of carbonyl (C=O) groups excluding carboxylic acids is 1. The van der Waals surface area contributed by atoms with E-state index >= 15 is 0 Å². The molecule has 6 heteroatoms. The van der Waals surface area contributed by atoms with Crippen molar-refractivity contribution < 1.29 is 9.21 Å². The first-order valence-electron chi connectivity index (χ1n) is 10.9. The molecule has 0 saturated carbocycles. The van der Waals surface area contributed by atoms with E-state index < -0.39 is 0 Å². The summed E-state index contributed by atoms with van der Waals surface area (Å²) in [5.41, 5.74) is 3.43. The Hall–Kier alpha value is -2.05. The van der Waals surface area contributed by atoms with Crippen molar-refractivity contribution in [2.24, 2.45) is 11.3 Å². The van der Waals surface area contributed by atoms with Crippen LogP contribution in [0, 0.1) is 11.3 Å². The van der Waals surface area contributed by atoms with E-state index in [9.17, 15) is 4.79 Å². The third-order valence-corrected chi connectivity index (χ3v) is 8.76. The fourth-order valence-electron chi connectivity index (χ4n) is 4.70. The summed E-state index contributed by atoms with van der Waals surface area (Å²) in [5, 5.41) is 7.62. The smallest absolute Gasteiger partial charge is 0.256 e. The maximum Gasteiger partial charge on any atom is 0.256 e. The number of hydrogen-bond acceptors (Lipinski definition) is 4. The maximum atomic E-state index is 13.1. The van der Waals surface area contributed by atoms with Crippen molar-refractivity contribution in [3.63, 3.8) is 0 Å². The van der Waals surface area contributed by atoms with Crippen molar-refractivity contribution in [3.8, 4) is 11.3 Å². The summed E-state index contributed by atoms with van der Waals surface area (Å²) in [7, 11) is 0. The lowest BCUT2D eigenvalue weighted by Gasteiger charge is -2.36. The van der Waals surface area contributed by atoms with Crippen molar-refractivity contribution >= 4 is 38.2 Å². The Bertz CT molecular complexity index is 1150.